The number of carbonyl (C=O) groups excluding carboxylic acids is 1. The fraction of sp³-hybridized carbons (Fsp3) is 0.800. The molecule has 0 saturated carbocycles. The number of nitrogens with zero attached hydrogens (tertiary/aromatic N) is 1. The largest absolute Gasteiger partial charge is 0.480 e. The number of urea groups is 1. The van der Waals surface area contributed by atoms with Crippen LogP contribution in [0.3, 0.4) is 0 Å². The predicted octanol–water partition coefficient (Wildman–Crippen LogP) is 1.24. The molecular weight excluding hydrogens is 228 g/mol. The lowest BCUT2D eigenvalue weighted by Gasteiger charge is -2.20. The number of thioether (sulfide) groups is 1. The molecule has 6 heteroatoms. The highest BCUT2D eigenvalue weighted by Gasteiger charge is 2.20. The maximum Gasteiger partial charge on any atom is 0.326 e. The number of aliphatic carboxylic acids is 1. The van der Waals surface area contributed by atoms with Gasteiger partial charge in [-0.3, -0.25) is 0 Å². The SMILES string of the molecule is CCCN(C)C(=O)NC(CCSC)C(=O)O. The summed E-state index contributed by atoms with van der Waals surface area (Å²) in [5, 5.41) is 11.4. The summed E-state index contributed by atoms with van der Waals surface area (Å²) in [5.41, 5.74) is 0. The third kappa shape index (κ3) is 5.85. The third-order valence-corrected chi connectivity index (χ3v) is 2.76. The van der Waals surface area contributed by atoms with Gasteiger partial charge < -0.3 is 15.3 Å². The van der Waals surface area contributed by atoms with E-state index in [0.717, 1.165) is 12.2 Å². The molecule has 0 aliphatic carbocycles. The monoisotopic (exact) mass is 248 g/mol. The first kappa shape index (κ1) is 15.1. The summed E-state index contributed by atoms with van der Waals surface area (Å²) < 4.78 is 0. The van der Waals surface area contributed by atoms with E-state index in [4.69, 9.17) is 5.11 Å². The van der Waals surface area contributed by atoms with E-state index >= 15 is 0 Å². The molecule has 94 valence electrons. The fourth-order valence-corrected chi connectivity index (χ4v) is 1.66. The molecule has 2 amide bonds. The van der Waals surface area contributed by atoms with Crippen molar-refractivity contribution >= 4 is 23.8 Å². The molecule has 0 aromatic rings. The van der Waals surface area contributed by atoms with E-state index in [0.29, 0.717) is 13.0 Å². The van der Waals surface area contributed by atoms with Gasteiger partial charge in [-0.05, 0) is 24.9 Å². The average Bonchev–Trinajstić information content (AvgIpc) is 2.23. The molecule has 0 saturated heterocycles. The molecule has 0 aromatic carbocycles. The first-order valence-corrected chi connectivity index (χ1v) is 6.65. The van der Waals surface area contributed by atoms with Crippen LogP contribution in [0.2, 0.25) is 0 Å². The Labute approximate surface area is 101 Å². The van der Waals surface area contributed by atoms with Crippen molar-refractivity contribution in [3.8, 4) is 0 Å². The van der Waals surface area contributed by atoms with Crippen molar-refractivity contribution in [2.24, 2.45) is 0 Å². The molecule has 1 unspecified atom stereocenters. The van der Waals surface area contributed by atoms with E-state index in [-0.39, 0.29) is 6.03 Å². The van der Waals surface area contributed by atoms with Crippen LogP contribution in [0, 0.1) is 0 Å². The van der Waals surface area contributed by atoms with Gasteiger partial charge in [-0.1, -0.05) is 6.92 Å². The number of hydrogen-bond donors (Lipinski definition) is 2. The first-order valence-electron chi connectivity index (χ1n) is 5.26. The first-order chi connectivity index (χ1) is 7.52. The molecule has 1 atom stereocenters. The van der Waals surface area contributed by atoms with Crippen molar-refractivity contribution in [3.05, 3.63) is 0 Å². The minimum absolute atomic E-state index is 0.324. The molecule has 0 aliphatic heterocycles. The van der Waals surface area contributed by atoms with Gasteiger partial charge in [0.2, 0.25) is 0 Å². The number of amides is 2. The van der Waals surface area contributed by atoms with Crippen molar-refractivity contribution in [2.75, 3.05) is 25.6 Å². The van der Waals surface area contributed by atoms with Crippen LogP contribution in [0.1, 0.15) is 19.8 Å². The van der Waals surface area contributed by atoms with Crippen LogP contribution in [0.5, 0.6) is 0 Å². The van der Waals surface area contributed by atoms with Gasteiger partial charge in [-0.2, -0.15) is 11.8 Å². The molecule has 0 heterocycles. The number of carboxylic acid groups (broad SMARTS) is 1. The van der Waals surface area contributed by atoms with Crippen LogP contribution < -0.4 is 5.32 Å². The number of nitrogens with one attached hydrogen (secondary N) is 1. The van der Waals surface area contributed by atoms with Crippen LogP contribution in [-0.4, -0.2) is 53.6 Å². The molecule has 0 rings (SSSR count). The van der Waals surface area contributed by atoms with Crippen molar-refractivity contribution < 1.29 is 14.7 Å². The van der Waals surface area contributed by atoms with E-state index in [9.17, 15) is 9.59 Å². The van der Waals surface area contributed by atoms with Crippen LogP contribution in [0.4, 0.5) is 4.79 Å². The lowest BCUT2D eigenvalue weighted by Crippen LogP contribution is -2.47. The molecule has 0 aliphatic rings. The van der Waals surface area contributed by atoms with Gasteiger partial charge in [0.15, 0.2) is 0 Å². The minimum Gasteiger partial charge on any atom is -0.480 e. The average molecular weight is 248 g/mol. The predicted molar refractivity (Wildman–Crippen MR) is 65.9 cm³/mol. The van der Waals surface area contributed by atoms with Crippen molar-refractivity contribution in [1.29, 1.82) is 0 Å². The Morgan fingerprint density at radius 3 is 2.56 bits per heavy atom. The molecule has 0 aromatic heterocycles. The second kappa shape index (κ2) is 8.27. The summed E-state index contributed by atoms with van der Waals surface area (Å²) >= 11 is 1.56. The third-order valence-electron chi connectivity index (χ3n) is 2.11. The fourth-order valence-electron chi connectivity index (χ4n) is 1.19. The maximum absolute atomic E-state index is 11.6. The Morgan fingerprint density at radius 1 is 1.50 bits per heavy atom. The molecule has 5 nitrogen and oxygen atoms in total. The second-order valence-corrected chi connectivity index (χ2v) is 4.53. The number of carbonyl (C=O) groups is 2. The molecular formula is C10H20N2O3S. The van der Waals surface area contributed by atoms with Crippen LogP contribution in [0.25, 0.3) is 0 Å². The zero-order valence-electron chi connectivity index (χ0n) is 10.0. The molecule has 16 heavy (non-hydrogen) atoms. The summed E-state index contributed by atoms with van der Waals surface area (Å²) in [7, 11) is 1.66. The Balaban J connectivity index is 4.17. The van der Waals surface area contributed by atoms with Gasteiger partial charge in [-0.25, -0.2) is 9.59 Å². The smallest absolute Gasteiger partial charge is 0.326 e. The number of carboxylic acids is 1. The molecule has 0 fully saturated rings. The standard InChI is InChI=1S/C10H20N2O3S/c1-4-6-12(2)10(15)11-8(9(13)14)5-7-16-3/h8H,4-7H2,1-3H3,(H,11,15)(H,13,14). The molecule has 0 radical (unpaired) electrons. The highest BCUT2D eigenvalue weighted by atomic mass is 32.2. The highest BCUT2D eigenvalue weighted by molar-refractivity contribution is 7.98. The summed E-state index contributed by atoms with van der Waals surface area (Å²) in [4.78, 5) is 23.9. The Bertz CT molecular complexity index is 236. The zero-order chi connectivity index (χ0) is 12.6. The maximum atomic E-state index is 11.6. The van der Waals surface area contributed by atoms with E-state index in [2.05, 4.69) is 5.32 Å². The van der Waals surface area contributed by atoms with E-state index in [1.807, 2.05) is 13.2 Å². The van der Waals surface area contributed by atoms with Gasteiger partial charge in [0.25, 0.3) is 0 Å². The molecule has 0 spiro atoms. The van der Waals surface area contributed by atoms with E-state index in [1.54, 1.807) is 18.8 Å². The van der Waals surface area contributed by atoms with Gasteiger partial charge in [-0.15, -0.1) is 0 Å². The number of rotatable bonds is 7. The molecule has 2 N–H and O–H groups in total. The molecule has 0 bridgehead atoms. The van der Waals surface area contributed by atoms with Gasteiger partial charge in [0.05, 0.1) is 0 Å². The van der Waals surface area contributed by atoms with Crippen LogP contribution in [-0.2, 0) is 4.79 Å². The van der Waals surface area contributed by atoms with Gasteiger partial charge >= 0.3 is 12.0 Å². The van der Waals surface area contributed by atoms with Crippen molar-refractivity contribution in [1.82, 2.24) is 10.2 Å². The van der Waals surface area contributed by atoms with Gasteiger partial charge in [0, 0.05) is 13.6 Å². The topological polar surface area (TPSA) is 69.6 Å². The quantitative estimate of drug-likeness (QED) is 0.711. The zero-order valence-corrected chi connectivity index (χ0v) is 10.8. The minimum atomic E-state index is -0.979. The summed E-state index contributed by atoms with van der Waals surface area (Å²) in [5.74, 6) is -0.262. The summed E-state index contributed by atoms with van der Waals surface area (Å²) in [6.45, 7) is 2.59. The highest BCUT2D eigenvalue weighted by Crippen LogP contribution is 2.02. The Hall–Kier alpha value is -0.910. The summed E-state index contributed by atoms with van der Waals surface area (Å²) in [6.07, 6.45) is 3.21. The van der Waals surface area contributed by atoms with Crippen molar-refractivity contribution in [3.63, 3.8) is 0 Å². The lowest BCUT2D eigenvalue weighted by atomic mass is 10.2. The number of hydrogen-bond acceptors (Lipinski definition) is 3. The van der Waals surface area contributed by atoms with Crippen molar-refractivity contribution in [2.45, 2.75) is 25.8 Å². The van der Waals surface area contributed by atoms with E-state index < -0.39 is 12.0 Å². The summed E-state index contributed by atoms with van der Waals surface area (Å²) in [6, 6.07) is -1.12. The Kier molecular flexibility index (Phi) is 7.80. The Morgan fingerprint density at radius 2 is 2.12 bits per heavy atom. The second-order valence-electron chi connectivity index (χ2n) is 3.54. The van der Waals surface area contributed by atoms with E-state index in [1.165, 1.54) is 4.90 Å². The van der Waals surface area contributed by atoms with Crippen LogP contribution >= 0.6 is 11.8 Å². The lowest BCUT2D eigenvalue weighted by molar-refractivity contribution is -0.139. The van der Waals surface area contributed by atoms with Gasteiger partial charge in [0.1, 0.15) is 6.04 Å². The normalized spacial score (nSPS) is 11.9. The van der Waals surface area contributed by atoms with Crippen LogP contribution in [0.15, 0.2) is 0 Å².